The second-order valence-electron chi connectivity index (χ2n) is 7.63. The van der Waals surface area contributed by atoms with Crippen LogP contribution in [0.4, 0.5) is 0 Å². The summed E-state index contributed by atoms with van der Waals surface area (Å²) in [5.41, 5.74) is 0.437. The van der Waals surface area contributed by atoms with Crippen LogP contribution in [0.5, 0.6) is 0 Å². The van der Waals surface area contributed by atoms with Crippen molar-refractivity contribution in [3.05, 3.63) is 18.0 Å². The van der Waals surface area contributed by atoms with Gasteiger partial charge in [0, 0.05) is 52.4 Å². The van der Waals surface area contributed by atoms with E-state index in [1.165, 1.54) is 36.5 Å². The van der Waals surface area contributed by atoms with Crippen molar-refractivity contribution in [3.63, 3.8) is 0 Å². The fourth-order valence-electron chi connectivity index (χ4n) is 3.71. The maximum Gasteiger partial charge on any atom is 0.220 e. The molecule has 1 N–H and O–H groups in total. The van der Waals surface area contributed by atoms with E-state index in [0.717, 1.165) is 25.0 Å². The zero-order chi connectivity index (χ0) is 20.0. The van der Waals surface area contributed by atoms with E-state index < -0.39 is 10.0 Å². The van der Waals surface area contributed by atoms with Crippen LogP contribution in [0.25, 0.3) is 0 Å². The molecule has 0 spiro atoms. The summed E-state index contributed by atoms with van der Waals surface area (Å²) in [5.74, 6) is 1.57. The molecule has 0 aliphatic carbocycles. The van der Waals surface area contributed by atoms with Gasteiger partial charge in [0.05, 0.1) is 5.69 Å². The lowest BCUT2D eigenvalue weighted by Gasteiger charge is -2.36. The van der Waals surface area contributed by atoms with E-state index >= 15 is 0 Å². The Kier molecular flexibility index (Phi) is 7.30. The fourth-order valence-corrected chi connectivity index (χ4v) is 5.14. The Bertz CT molecular complexity index is 721. The molecule has 1 aromatic heterocycles. The molecule has 9 nitrogen and oxygen atoms in total. The maximum absolute atomic E-state index is 12.5. The van der Waals surface area contributed by atoms with Crippen LogP contribution in [0.2, 0.25) is 0 Å². The monoisotopic (exact) mass is 412 g/mol. The summed E-state index contributed by atoms with van der Waals surface area (Å²) in [6.45, 7) is 8.67. The Morgan fingerprint density at radius 2 is 1.96 bits per heavy atom. The molecule has 10 heteroatoms. The third kappa shape index (κ3) is 5.68. The van der Waals surface area contributed by atoms with E-state index in [9.17, 15) is 8.42 Å². The van der Waals surface area contributed by atoms with Gasteiger partial charge in [-0.1, -0.05) is 12.1 Å². The highest BCUT2D eigenvalue weighted by molar-refractivity contribution is 7.88. The molecule has 3 rings (SSSR count). The summed E-state index contributed by atoms with van der Waals surface area (Å²) in [6.07, 6.45) is 3.95. The number of sulfonamides is 1. The third-order valence-electron chi connectivity index (χ3n) is 5.55. The number of aromatic nitrogens is 1. The van der Waals surface area contributed by atoms with Gasteiger partial charge in [-0.3, -0.25) is 4.99 Å². The van der Waals surface area contributed by atoms with Crippen LogP contribution in [-0.2, 0) is 15.8 Å². The lowest BCUT2D eigenvalue weighted by Crippen LogP contribution is -2.54. The minimum absolute atomic E-state index is 0.120. The molecule has 0 saturated carbocycles. The third-order valence-corrected chi connectivity index (χ3v) is 7.36. The van der Waals surface area contributed by atoms with Crippen molar-refractivity contribution in [2.75, 3.05) is 59.4 Å². The average molecular weight is 413 g/mol. The molecule has 2 aliphatic heterocycles. The highest BCUT2D eigenvalue weighted by Crippen LogP contribution is 2.15. The van der Waals surface area contributed by atoms with E-state index in [-0.39, 0.29) is 5.75 Å². The van der Waals surface area contributed by atoms with E-state index in [2.05, 4.69) is 32.2 Å². The van der Waals surface area contributed by atoms with Crippen molar-refractivity contribution in [1.29, 1.82) is 0 Å². The quantitative estimate of drug-likeness (QED) is 0.535. The molecule has 2 saturated heterocycles. The number of nitrogens with zero attached hydrogens (tertiary/aromatic N) is 5. The molecule has 0 unspecified atom stereocenters. The standard InChI is InChI=1S/C18H32N6O3S/c1-16-3-7-22(8-4-16)9-6-20-18(19-2)23-10-12-24(13-11-23)28(25,26)15-17-5-14-27-21-17/h5,14,16H,3-4,6-13,15H2,1-2H3,(H,19,20). The molecule has 28 heavy (non-hydrogen) atoms. The topological polar surface area (TPSA) is 94.3 Å². The summed E-state index contributed by atoms with van der Waals surface area (Å²) in [5, 5.41) is 7.14. The van der Waals surface area contributed by atoms with Crippen molar-refractivity contribution < 1.29 is 12.9 Å². The zero-order valence-electron chi connectivity index (χ0n) is 16.9. The zero-order valence-corrected chi connectivity index (χ0v) is 17.7. The van der Waals surface area contributed by atoms with Crippen molar-refractivity contribution >= 4 is 16.0 Å². The number of piperazine rings is 1. The summed E-state index contributed by atoms with van der Waals surface area (Å²) in [4.78, 5) is 9.00. The van der Waals surface area contributed by atoms with Gasteiger partial charge in [-0.15, -0.1) is 0 Å². The number of nitrogens with one attached hydrogen (secondary N) is 1. The van der Waals surface area contributed by atoms with Crippen LogP contribution in [0, 0.1) is 5.92 Å². The number of piperidine rings is 1. The average Bonchev–Trinajstić information content (AvgIpc) is 3.19. The van der Waals surface area contributed by atoms with Gasteiger partial charge >= 0.3 is 0 Å². The number of hydrogen-bond acceptors (Lipinski definition) is 6. The molecule has 0 aromatic carbocycles. The SMILES string of the molecule is CN=C(NCCN1CCC(C)CC1)N1CCN(S(=O)(=O)Cc2ccon2)CC1. The van der Waals surface area contributed by atoms with Crippen LogP contribution >= 0.6 is 0 Å². The first kappa shape index (κ1) is 21.1. The molecule has 0 amide bonds. The van der Waals surface area contributed by atoms with Crippen molar-refractivity contribution in [3.8, 4) is 0 Å². The molecule has 0 radical (unpaired) electrons. The Morgan fingerprint density at radius 1 is 1.25 bits per heavy atom. The number of likely N-dealkylation sites (tertiary alicyclic amines) is 1. The predicted molar refractivity (Wildman–Crippen MR) is 108 cm³/mol. The van der Waals surface area contributed by atoms with Gasteiger partial charge in [-0.25, -0.2) is 8.42 Å². The van der Waals surface area contributed by atoms with E-state index in [1.54, 1.807) is 13.1 Å². The van der Waals surface area contributed by atoms with Crippen LogP contribution in [0.1, 0.15) is 25.5 Å². The molecule has 0 bridgehead atoms. The van der Waals surface area contributed by atoms with E-state index in [4.69, 9.17) is 4.52 Å². The minimum Gasteiger partial charge on any atom is -0.364 e. The molecule has 0 atom stereocenters. The van der Waals surface area contributed by atoms with Crippen LogP contribution < -0.4 is 5.32 Å². The lowest BCUT2D eigenvalue weighted by molar-refractivity contribution is 0.194. The van der Waals surface area contributed by atoms with Gasteiger partial charge in [0.1, 0.15) is 12.0 Å². The summed E-state index contributed by atoms with van der Waals surface area (Å²) >= 11 is 0. The fraction of sp³-hybridized carbons (Fsp3) is 0.778. The first-order valence-corrected chi connectivity index (χ1v) is 11.6. The second-order valence-corrected chi connectivity index (χ2v) is 9.60. The Morgan fingerprint density at radius 3 is 2.57 bits per heavy atom. The van der Waals surface area contributed by atoms with E-state index in [0.29, 0.717) is 31.9 Å². The molecular formula is C18H32N6O3S. The smallest absolute Gasteiger partial charge is 0.220 e. The van der Waals surface area contributed by atoms with Crippen molar-refractivity contribution in [2.45, 2.75) is 25.5 Å². The van der Waals surface area contributed by atoms with Gasteiger partial charge in [0.15, 0.2) is 5.96 Å². The maximum atomic E-state index is 12.5. The Hall–Kier alpha value is -1.65. The van der Waals surface area contributed by atoms with Gasteiger partial charge in [-0.05, 0) is 31.8 Å². The molecular weight excluding hydrogens is 380 g/mol. The number of aliphatic imine (C=N–C) groups is 1. The van der Waals surface area contributed by atoms with Crippen molar-refractivity contribution in [1.82, 2.24) is 24.6 Å². The highest BCUT2D eigenvalue weighted by Gasteiger charge is 2.29. The first-order chi connectivity index (χ1) is 13.5. The summed E-state index contributed by atoms with van der Waals surface area (Å²) in [7, 11) is -1.60. The molecule has 2 aliphatic rings. The van der Waals surface area contributed by atoms with Crippen LogP contribution in [0.3, 0.4) is 0 Å². The molecule has 1 aromatic rings. The van der Waals surface area contributed by atoms with Gasteiger partial charge in [0.25, 0.3) is 0 Å². The Labute approximate surface area is 167 Å². The minimum atomic E-state index is -3.38. The van der Waals surface area contributed by atoms with Crippen LogP contribution in [0.15, 0.2) is 21.8 Å². The summed E-state index contributed by atoms with van der Waals surface area (Å²) < 4.78 is 31.3. The van der Waals surface area contributed by atoms with Crippen LogP contribution in [-0.4, -0.2) is 93.0 Å². The molecule has 158 valence electrons. The Balaban J connectivity index is 1.42. The molecule has 2 fully saturated rings. The van der Waals surface area contributed by atoms with Gasteiger partial charge in [0.2, 0.25) is 10.0 Å². The van der Waals surface area contributed by atoms with Gasteiger partial charge < -0.3 is 19.6 Å². The largest absolute Gasteiger partial charge is 0.364 e. The highest BCUT2D eigenvalue weighted by atomic mass is 32.2. The van der Waals surface area contributed by atoms with E-state index in [1.807, 2.05) is 0 Å². The number of hydrogen-bond donors (Lipinski definition) is 1. The lowest BCUT2D eigenvalue weighted by atomic mass is 9.99. The predicted octanol–water partition coefficient (Wildman–Crippen LogP) is 0.429. The second kappa shape index (κ2) is 9.71. The number of guanidine groups is 1. The first-order valence-electron chi connectivity index (χ1n) is 10.0. The number of rotatable bonds is 6. The normalized spacial score (nSPS) is 21.2. The molecule has 3 heterocycles. The summed E-state index contributed by atoms with van der Waals surface area (Å²) in [6, 6.07) is 1.59. The van der Waals surface area contributed by atoms with Gasteiger partial charge in [-0.2, -0.15) is 4.31 Å². The van der Waals surface area contributed by atoms with Crippen molar-refractivity contribution in [2.24, 2.45) is 10.9 Å².